The summed E-state index contributed by atoms with van der Waals surface area (Å²) in [4.78, 5) is 17.1. The molecular weight excluding hydrogens is 330 g/mol. The molecule has 1 saturated heterocycles. The zero-order valence-electron chi connectivity index (χ0n) is 13.7. The molecule has 1 fully saturated rings. The maximum atomic E-state index is 12.3. The Morgan fingerprint density at radius 2 is 2.00 bits per heavy atom. The van der Waals surface area contributed by atoms with Crippen LogP contribution >= 0.6 is 23.7 Å². The summed E-state index contributed by atoms with van der Waals surface area (Å²) >= 11 is 1.71. The van der Waals surface area contributed by atoms with Crippen molar-refractivity contribution in [3.63, 3.8) is 0 Å². The second kappa shape index (κ2) is 9.62. The number of amides is 1. The van der Waals surface area contributed by atoms with Crippen LogP contribution in [0.1, 0.15) is 45.8 Å². The number of aryl methyl sites for hydroxylation is 2. The van der Waals surface area contributed by atoms with Gasteiger partial charge in [0.1, 0.15) is 0 Å². The molecule has 1 aromatic heterocycles. The zero-order chi connectivity index (χ0) is 15.2. The summed E-state index contributed by atoms with van der Waals surface area (Å²) in [5.41, 5.74) is 1.42. The molecule has 1 aromatic rings. The Labute approximate surface area is 149 Å². The first kappa shape index (κ1) is 18.7. The summed E-state index contributed by atoms with van der Waals surface area (Å²) in [5, 5.41) is 6.46. The number of hydrogen-bond acceptors (Lipinski definition) is 4. The summed E-state index contributed by atoms with van der Waals surface area (Å²) in [7, 11) is 0. The van der Waals surface area contributed by atoms with Crippen molar-refractivity contribution in [2.24, 2.45) is 0 Å². The average molecular weight is 358 g/mol. The van der Waals surface area contributed by atoms with Crippen molar-refractivity contribution in [2.45, 2.75) is 38.5 Å². The highest BCUT2D eigenvalue weighted by atomic mass is 35.5. The zero-order valence-corrected chi connectivity index (χ0v) is 15.4. The molecule has 130 valence electrons. The van der Waals surface area contributed by atoms with Crippen LogP contribution in [-0.4, -0.2) is 50.1 Å². The van der Waals surface area contributed by atoms with Gasteiger partial charge in [0.05, 0.1) is 4.88 Å². The molecule has 1 aliphatic carbocycles. The molecule has 23 heavy (non-hydrogen) atoms. The van der Waals surface area contributed by atoms with Gasteiger partial charge in [0.2, 0.25) is 0 Å². The lowest BCUT2D eigenvalue weighted by atomic mass is 10.1. The van der Waals surface area contributed by atoms with Gasteiger partial charge in [-0.25, -0.2) is 0 Å². The van der Waals surface area contributed by atoms with E-state index in [2.05, 4.69) is 21.6 Å². The SMILES string of the molecule is Cl.O=C(NCCCN1CCNCC1)c1cc2c(s1)CCCCC2. The molecule has 2 N–H and O–H groups in total. The van der Waals surface area contributed by atoms with Crippen molar-refractivity contribution in [1.29, 1.82) is 0 Å². The molecule has 0 spiro atoms. The standard InChI is InChI=1S/C17H27N3OS.ClH/c21-17(19-7-4-10-20-11-8-18-9-12-20)16-13-14-5-2-1-3-6-15(14)22-16;/h13,18H,1-12H2,(H,19,21);1H. The molecule has 2 aliphatic rings. The Balaban J connectivity index is 0.00000192. The maximum Gasteiger partial charge on any atom is 0.261 e. The van der Waals surface area contributed by atoms with E-state index >= 15 is 0 Å². The van der Waals surface area contributed by atoms with E-state index in [0.29, 0.717) is 0 Å². The molecule has 0 saturated carbocycles. The third kappa shape index (κ3) is 5.45. The van der Waals surface area contributed by atoms with Crippen LogP contribution in [0.2, 0.25) is 0 Å². The normalized spacial score (nSPS) is 18.6. The molecule has 4 nitrogen and oxygen atoms in total. The molecule has 1 amide bonds. The van der Waals surface area contributed by atoms with E-state index in [0.717, 1.165) is 63.4 Å². The molecule has 0 radical (unpaired) electrons. The third-order valence-corrected chi connectivity index (χ3v) is 5.85. The number of nitrogens with zero attached hydrogens (tertiary/aromatic N) is 1. The van der Waals surface area contributed by atoms with E-state index in [1.54, 1.807) is 11.3 Å². The largest absolute Gasteiger partial charge is 0.351 e. The fraction of sp³-hybridized carbons (Fsp3) is 0.706. The van der Waals surface area contributed by atoms with Gasteiger partial charge >= 0.3 is 0 Å². The van der Waals surface area contributed by atoms with Gasteiger partial charge in [-0.3, -0.25) is 4.79 Å². The van der Waals surface area contributed by atoms with Gasteiger partial charge in [0.25, 0.3) is 5.91 Å². The van der Waals surface area contributed by atoms with Crippen LogP contribution in [0.3, 0.4) is 0 Å². The van der Waals surface area contributed by atoms with Gasteiger partial charge in [0, 0.05) is 37.6 Å². The topological polar surface area (TPSA) is 44.4 Å². The number of halogens is 1. The number of carbonyl (C=O) groups excluding carboxylic acids is 1. The van der Waals surface area contributed by atoms with Crippen LogP contribution in [0.15, 0.2) is 6.07 Å². The van der Waals surface area contributed by atoms with Crippen LogP contribution in [0, 0.1) is 0 Å². The first-order valence-corrected chi connectivity index (χ1v) is 9.47. The van der Waals surface area contributed by atoms with Crippen molar-refractivity contribution in [2.75, 3.05) is 39.3 Å². The number of rotatable bonds is 5. The van der Waals surface area contributed by atoms with E-state index in [1.165, 1.54) is 29.7 Å². The Morgan fingerprint density at radius 3 is 2.83 bits per heavy atom. The predicted molar refractivity (Wildman–Crippen MR) is 99.1 cm³/mol. The first-order chi connectivity index (χ1) is 10.8. The first-order valence-electron chi connectivity index (χ1n) is 8.66. The average Bonchev–Trinajstić information content (AvgIpc) is 2.83. The fourth-order valence-electron chi connectivity index (χ4n) is 3.31. The van der Waals surface area contributed by atoms with Crippen molar-refractivity contribution in [3.05, 3.63) is 21.4 Å². The van der Waals surface area contributed by atoms with Gasteiger partial charge in [-0.15, -0.1) is 23.7 Å². The van der Waals surface area contributed by atoms with Crippen molar-refractivity contribution in [3.8, 4) is 0 Å². The molecule has 3 rings (SSSR count). The molecule has 0 bridgehead atoms. The number of piperazine rings is 1. The number of nitrogens with one attached hydrogen (secondary N) is 2. The quantitative estimate of drug-likeness (QED) is 0.628. The minimum absolute atomic E-state index is 0. The minimum Gasteiger partial charge on any atom is -0.351 e. The highest BCUT2D eigenvalue weighted by molar-refractivity contribution is 7.14. The summed E-state index contributed by atoms with van der Waals surface area (Å²) in [5.74, 6) is 0.124. The molecular formula is C17H28ClN3OS. The molecule has 0 atom stereocenters. The van der Waals surface area contributed by atoms with Crippen molar-refractivity contribution < 1.29 is 4.79 Å². The lowest BCUT2D eigenvalue weighted by Gasteiger charge is -2.27. The maximum absolute atomic E-state index is 12.3. The molecule has 6 heteroatoms. The Bertz CT molecular complexity index is 477. The number of hydrogen-bond donors (Lipinski definition) is 2. The van der Waals surface area contributed by atoms with Gasteiger partial charge in [0.15, 0.2) is 0 Å². The smallest absolute Gasteiger partial charge is 0.261 e. The lowest BCUT2D eigenvalue weighted by Crippen LogP contribution is -2.44. The van der Waals surface area contributed by atoms with Crippen LogP contribution in [0.4, 0.5) is 0 Å². The monoisotopic (exact) mass is 357 g/mol. The minimum atomic E-state index is 0. The highest BCUT2D eigenvalue weighted by Gasteiger charge is 2.16. The predicted octanol–water partition coefficient (Wildman–Crippen LogP) is 2.46. The summed E-state index contributed by atoms with van der Waals surface area (Å²) in [6.45, 7) is 6.31. The second-order valence-corrected chi connectivity index (χ2v) is 7.46. The van der Waals surface area contributed by atoms with E-state index < -0.39 is 0 Å². The molecule has 0 unspecified atom stereocenters. The van der Waals surface area contributed by atoms with E-state index in [1.807, 2.05) is 0 Å². The van der Waals surface area contributed by atoms with Crippen LogP contribution in [0.25, 0.3) is 0 Å². The van der Waals surface area contributed by atoms with Gasteiger partial charge in [-0.05, 0) is 50.3 Å². The van der Waals surface area contributed by atoms with Crippen LogP contribution < -0.4 is 10.6 Å². The summed E-state index contributed by atoms with van der Waals surface area (Å²) in [6.07, 6.45) is 7.24. The van der Waals surface area contributed by atoms with Crippen LogP contribution in [-0.2, 0) is 12.8 Å². The van der Waals surface area contributed by atoms with Crippen molar-refractivity contribution >= 4 is 29.7 Å². The number of thiophene rings is 1. The third-order valence-electron chi connectivity index (χ3n) is 4.62. The van der Waals surface area contributed by atoms with E-state index in [4.69, 9.17) is 0 Å². The summed E-state index contributed by atoms with van der Waals surface area (Å²) in [6, 6.07) is 2.14. The summed E-state index contributed by atoms with van der Waals surface area (Å²) < 4.78 is 0. The van der Waals surface area contributed by atoms with Crippen molar-refractivity contribution in [1.82, 2.24) is 15.5 Å². The molecule has 0 aromatic carbocycles. The van der Waals surface area contributed by atoms with E-state index in [9.17, 15) is 4.79 Å². The van der Waals surface area contributed by atoms with Gasteiger partial charge < -0.3 is 15.5 Å². The second-order valence-electron chi connectivity index (χ2n) is 6.32. The highest BCUT2D eigenvalue weighted by Crippen LogP contribution is 2.28. The Hall–Kier alpha value is -0.620. The van der Waals surface area contributed by atoms with E-state index in [-0.39, 0.29) is 18.3 Å². The van der Waals surface area contributed by atoms with Crippen LogP contribution in [0.5, 0.6) is 0 Å². The number of carbonyl (C=O) groups is 1. The van der Waals surface area contributed by atoms with Gasteiger partial charge in [-0.1, -0.05) is 6.42 Å². The van der Waals surface area contributed by atoms with Gasteiger partial charge in [-0.2, -0.15) is 0 Å². The lowest BCUT2D eigenvalue weighted by molar-refractivity contribution is 0.0955. The molecule has 2 heterocycles. The number of fused-ring (bicyclic) bond motifs is 1. The fourth-order valence-corrected chi connectivity index (χ4v) is 4.48. The Morgan fingerprint density at radius 1 is 1.22 bits per heavy atom. The molecule has 1 aliphatic heterocycles. The Kier molecular flexibility index (Phi) is 7.83.